The maximum absolute atomic E-state index is 11.8. The van der Waals surface area contributed by atoms with Crippen LogP contribution in [-0.4, -0.2) is 18.0 Å². The first-order chi connectivity index (χ1) is 7.72. The third-order valence-electron chi connectivity index (χ3n) is 2.62. The molecule has 88 valence electrons. The lowest BCUT2D eigenvalue weighted by Crippen LogP contribution is -2.22. The van der Waals surface area contributed by atoms with Crippen LogP contribution in [0.15, 0.2) is 18.5 Å². The number of nitrogens with zero attached hydrogens (tertiary/aromatic N) is 1. The second kappa shape index (κ2) is 6.10. The summed E-state index contributed by atoms with van der Waals surface area (Å²) in [5.74, 6) is 0.704. The molecule has 0 aliphatic rings. The zero-order valence-corrected chi connectivity index (χ0v) is 9.99. The molecule has 0 fully saturated rings. The van der Waals surface area contributed by atoms with Crippen molar-refractivity contribution >= 4 is 11.6 Å². The highest BCUT2D eigenvalue weighted by molar-refractivity contribution is 5.93. The summed E-state index contributed by atoms with van der Waals surface area (Å²) in [5, 5.41) is 2.84. The molecule has 1 rings (SSSR count). The molecule has 0 saturated heterocycles. The summed E-state index contributed by atoms with van der Waals surface area (Å²) in [7, 11) is 1.57. The Bertz CT molecular complexity index is 349. The topological polar surface area (TPSA) is 51.2 Å². The molecule has 1 amide bonds. The summed E-state index contributed by atoms with van der Waals surface area (Å²) in [5.41, 5.74) is 0.627. The lowest BCUT2D eigenvalue weighted by atomic mass is 10.0. The van der Waals surface area contributed by atoms with Gasteiger partial charge in [-0.1, -0.05) is 13.8 Å². The van der Waals surface area contributed by atoms with Crippen LogP contribution in [0.2, 0.25) is 0 Å². The van der Waals surface area contributed by atoms with Gasteiger partial charge in [0, 0.05) is 18.2 Å². The number of hydrogen-bond acceptors (Lipinski definition) is 3. The number of ether oxygens (including phenoxy) is 1. The van der Waals surface area contributed by atoms with Crippen LogP contribution >= 0.6 is 0 Å². The monoisotopic (exact) mass is 222 g/mol. The van der Waals surface area contributed by atoms with Crippen LogP contribution in [0.25, 0.3) is 0 Å². The zero-order chi connectivity index (χ0) is 12.0. The first-order valence-corrected chi connectivity index (χ1v) is 5.51. The standard InChI is InChI=1S/C12H18N2O2/c1-4-9(5-2)12(15)14-10-8-13-7-6-11(10)16-3/h6-9H,4-5H2,1-3H3,(H,14,15). The SMILES string of the molecule is CCC(CC)C(=O)Nc1cnccc1OC. The van der Waals surface area contributed by atoms with Gasteiger partial charge < -0.3 is 10.1 Å². The molecule has 0 radical (unpaired) electrons. The van der Waals surface area contributed by atoms with Crippen molar-refractivity contribution in [2.45, 2.75) is 26.7 Å². The lowest BCUT2D eigenvalue weighted by Gasteiger charge is -2.14. The van der Waals surface area contributed by atoms with Gasteiger partial charge in [0.25, 0.3) is 0 Å². The molecule has 1 heterocycles. The molecule has 0 atom stereocenters. The van der Waals surface area contributed by atoms with Gasteiger partial charge in [0.2, 0.25) is 5.91 Å². The summed E-state index contributed by atoms with van der Waals surface area (Å²) < 4.78 is 5.14. The Kier molecular flexibility index (Phi) is 4.76. The number of rotatable bonds is 5. The minimum atomic E-state index is 0.0244. The molecule has 0 aliphatic heterocycles. The second-order valence-corrected chi connectivity index (χ2v) is 3.58. The molecule has 0 spiro atoms. The molecule has 0 aliphatic carbocycles. The molecular formula is C12H18N2O2. The Morgan fingerprint density at radius 3 is 2.75 bits per heavy atom. The number of carbonyl (C=O) groups is 1. The van der Waals surface area contributed by atoms with Crippen molar-refractivity contribution in [1.29, 1.82) is 0 Å². The van der Waals surface area contributed by atoms with Crippen molar-refractivity contribution in [2.24, 2.45) is 5.92 Å². The van der Waals surface area contributed by atoms with Gasteiger partial charge in [0.1, 0.15) is 11.4 Å². The van der Waals surface area contributed by atoms with Gasteiger partial charge >= 0.3 is 0 Å². The van der Waals surface area contributed by atoms with Gasteiger partial charge in [-0.3, -0.25) is 9.78 Å². The summed E-state index contributed by atoms with van der Waals surface area (Å²) in [6.45, 7) is 4.02. The van der Waals surface area contributed by atoms with Gasteiger partial charge in [0.05, 0.1) is 13.3 Å². The fourth-order valence-electron chi connectivity index (χ4n) is 1.55. The average Bonchev–Trinajstić information content (AvgIpc) is 2.31. The Morgan fingerprint density at radius 1 is 1.50 bits per heavy atom. The van der Waals surface area contributed by atoms with Crippen molar-refractivity contribution in [3.63, 3.8) is 0 Å². The minimum absolute atomic E-state index is 0.0244. The summed E-state index contributed by atoms with van der Waals surface area (Å²) in [6.07, 6.45) is 4.90. The summed E-state index contributed by atoms with van der Waals surface area (Å²) >= 11 is 0. The van der Waals surface area contributed by atoms with E-state index < -0.39 is 0 Å². The van der Waals surface area contributed by atoms with E-state index in [-0.39, 0.29) is 11.8 Å². The number of nitrogens with one attached hydrogen (secondary N) is 1. The number of methoxy groups -OCH3 is 1. The van der Waals surface area contributed by atoms with E-state index in [1.54, 1.807) is 25.6 Å². The van der Waals surface area contributed by atoms with Crippen molar-refractivity contribution in [3.8, 4) is 5.75 Å². The Hall–Kier alpha value is -1.58. The van der Waals surface area contributed by atoms with E-state index in [0.29, 0.717) is 11.4 Å². The largest absolute Gasteiger partial charge is 0.494 e. The van der Waals surface area contributed by atoms with E-state index in [1.165, 1.54) is 0 Å². The molecule has 0 unspecified atom stereocenters. The number of aromatic nitrogens is 1. The minimum Gasteiger partial charge on any atom is -0.494 e. The molecule has 1 N–H and O–H groups in total. The highest BCUT2D eigenvalue weighted by atomic mass is 16.5. The predicted molar refractivity (Wildman–Crippen MR) is 63.5 cm³/mol. The third kappa shape index (κ3) is 2.95. The highest BCUT2D eigenvalue weighted by Gasteiger charge is 2.15. The van der Waals surface area contributed by atoms with Gasteiger partial charge in [-0.05, 0) is 12.8 Å². The molecule has 0 bridgehead atoms. The summed E-state index contributed by atoms with van der Waals surface area (Å²) in [4.78, 5) is 15.8. The third-order valence-corrected chi connectivity index (χ3v) is 2.62. The molecule has 4 nitrogen and oxygen atoms in total. The molecule has 0 saturated carbocycles. The Morgan fingerprint density at radius 2 is 2.19 bits per heavy atom. The van der Waals surface area contributed by atoms with E-state index in [2.05, 4.69) is 10.3 Å². The van der Waals surface area contributed by atoms with Gasteiger partial charge in [-0.15, -0.1) is 0 Å². The van der Waals surface area contributed by atoms with Crippen molar-refractivity contribution < 1.29 is 9.53 Å². The number of carbonyl (C=O) groups excluding carboxylic acids is 1. The van der Waals surface area contributed by atoms with E-state index in [9.17, 15) is 4.79 Å². The molecular weight excluding hydrogens is 204 g/mol. The number of anilines is 1. The second-order valence-electron chi connectivity index (χ2n) is 3.58. The van der Waals surface area contributed by atoms with Crippen LogP contribution in [-0.2, 0) is 4.79 Å². The van der Waals surface area contributed by atoms with Gasteiger partial charge in [0.15, 0.2) is 0 Å². The zero-order valence-electron chi connectivity index (χ0n) is 9.99. The van der Waals surface area contributed by atoms with E-state index in [0.717, 1.165) is 12.8 Å². The normalized spacial score (nSPS) is 10.2. The van der Waals surface area contributed by atoms with Crippen LogP contribution in [0.4, 0.5) is 5.69 Å². The smallest absolute Gasteiger partial charge is 0.227 e. The molecule has 16 heavy (non-hydrogen) atoms. The van der Waals surface area contributed by atoms with Crippen LogP contribution in [0.3, 0.4) is 0 Å². The van der Waals surface area contributed by atoms with Crippen LogP contribution in [0, 0.1) is 5.92 Å². The number of pyridine rings is 1. The van der Waals surface area contributed by atoms with E-state index >= 15 is 0 Å². The fraction of sp³-hybridized carbons (Fsp3) is 0.500. The van der Waals surface area contributed by atoms with Crippen molar-refractivity contribution in [1.82, 2.24) is 4.98 Å². The Balaban J connectivity index is 2.76. The Labute approximate surface area is 96.0 Å². The molecule has 1 aromatic rings. The number of hydrogen-bond donors (Lipinski definition) is 1. The molecule has 0 aromatic carbocycles. The van der Waals surface area contributed by atoms with Crippen LogP contribution in [0.1, 0.15) is 26.7 Å². The maximum Gasteiger partial charge on any atom is 0.227 e. The van der Waals surface area contributed by atoms with E-state index in [4.69, 9.17) is 4.74 Å². The van der Waals surface area contributed by atoms with Gasteiger partial charge in [-0.25, -0.2) is 0 Å². The van der Waals surface area contributed by atoms with Crippen molar-refractivity contribution in [2.75, 3.05) is 12.4 Å². The van der Waals surface area contributed by atoms with Crippen molar-refractivity contribution in [3.05, 3.63) is 18.5 Å². The number of amides is 1. The first kappa shape index (κ1) is 12.5. The predicted octanol–water partition coefficient (Wildman–Crippen LogP) is 2.46. The van der Waals surface area contributed by atoms with Crippen LogP contribution in [0.5, 0.6) is 5.75 Å². The highest BCUT2D eigenvalue weighted by Crippen LogP contribution is 2.23. The summed E-state index contributed by atoms with van der Waals surface area (Å²) in [6, 6.07) is 1.72. The molecule has 1 aromatic heterocycles. The fourth-order valence-corrected chi connectivity index (χ4v) is 1.55. The van der Waals surface area contributed by atoms with Gasteiger partial charge in [-0.2, -0.15) is 0 Å². The average molecular weight is 222 g/mol. The van der Waals surface area contributed by atoms with E-state index in [1.807, 2.05) is 13.8 Å². The first-order valence-electron chi connectivity index (χ1n) is 5.51. The lowest BCUT2D eigenvalue weighted by molar-refractivity contribution is -0.120. The quantitative estimate of drug-likeness (QED) is 0.832. The maximum atomic E-state index is 11.8. The molecule has 4 heteroatoms. The van der Waals surface area contributed by atoms with Crippen LogP contribution < -0.4 is 10.1 Å².